The van der Waals surface area contributed by atoms with Crippen LogP contribution < -0.4 is 5.32 Å². The van der Waals surface area contributed by atoms with Crippen molar-refractivity contribution in [3.63, 3.8) is 0 Å². The van der Waals surface area contributed by atoms with Crippen LogP contribution in [0.15, 0.2) is 23.1 Å². The van der Waals surface area contributed by atoms with Crippen LogP contribution in [-0.2, 0) is 16.6 Å². The summed E-state index contributed by atoms with van der Waals surface area (Å²) in [5.74, 6) is 1.70. The van der Waals surface area contributed by atoms with Gasteiger partial charge in [-0.1, -0.05) is 31.5 Å². The van der Waals surface area contributed by atoms with Crippen LogP contribution in [0.5, 0.6) is 0 Å². The Morgan fingerprint density at radius 3 is 2.57 bits per heavy atom. The maximum absolute atomic E-state index is 12.6. The van der Waals surface area contributed by atoms with E-state index in [9.17, 15) is 8.42 Å². The smallest absolute Gasteiger partial charge is 0.243 e. The lowest BCUT2D eigenvalue weighted by atomic mass is 10.2. The molecule has 1 saturated heterocycles. The monoisotopic (exact) mass is 348 g/mol. The van der Waals surface area contributed by atoms with E-state index in [1.807, 2.05) is 0 Å². The normalized spacial score (nSPS) is 17.3. The maximum Gasteiger partial charge on any atom is 0.243 e. The molecule has 0 aromatic heterocycles. The molecule has 0 spiro atoms. The maximum atomic E-state index is 12.6. The zero-order valence-electron chi connectivity index (χ0n) is 12.3. The lowest BCUT2D eigenvalue weighted by Gasteiger charge is -2.25. The van der Waals surface area contributed by atoms with Gasteiger partial charge in [0, 0.05) is 42.2 Å². The van der Waals surface area contributed by atoms with Crippen LogP contribution in [0.4, 0.5) is 0 Å². The van der Waals surface area contributed by atoms with E-state index >= 15 is 0 Å². The number of thioether (sulfide) groups is 1. The third-order valence-electron chi connectivity index (χ3n) is 3.33. The molecule has 1 heterocycles. The van der Waals surface area contributed by atoms with E-state index in [0.717, 1.165) is 17.1 Å². The molecule has 7 heteroatoms. The van der Waals surface area contributed by atoms with E-state index in [-0.39, 0.29) is 4.90 Å². The fourth-order valence-corrected chi connectivity index (χ4v) is 5.00. The summed E-state index contributed by atoms with van der Waals surface area (Å²) in [6.45, 7) is 5.89. The molecule has 1 N–H and O–H groups in total. The van der Waals surface area contributed by atoms with E-state index in [0.29, 0.717) is 30.7 Å². The molecule has 1 fully saturated rings. The molecule has 0 saturated carbocycles. The fraction of sp³-hybridized carbons (Fsp3) is 0.571. The van der Waals surface area contributed by atoms with Gasteiger partial charge in [0.05, 0.1) is 4.90 Å². The molecular formula is C14H21ClN2O2S2. The summed E-state index contributed by atoms with van der Waals surface area (Å²) in [6.07, 6.45) is 0. The molecule has 4 nitrogen and oxygen atoms in total. The van der Waals surface area contributed by atoms with Gasteiger partial charge in [-0.15, -0.1) is 0 Å². The van der Waals surface area contributed by atoms with Gasteiger partial charge in [-0.05, 0) is 17.7 Å². The molecule has 0 aliphatic carbocycles. The largest absolute Gasteiger partial charge is 0.310 e. The molecule has 21 heavy (non-hydrogen) atoms. The second-order valence-corrected chi connectivity index (χ2v) is 8.88. The number of hydrogen-bond donors (Lipinski definition) is 1. The molecule has 1 aliphatic heterocycles. The highest BCUT2D eigenvalue weighted by molar-refractivity contribution is 7.99. The van der Waals surface area contributed by atoms with Crippen LogP contribution >= 0.6 is 23.4 Å². The van der Waals surface area contributed by atoms with Crippen molar-refractivity contribution < 1.29 is 8.42 Å². The molecule has 1 aromatic carbocycles. The lowest BCUT2D eigenvalue weighted by molar-refractivity contribution is 0.443. The van der Waals surface area contributed by atoms with Gasteiger partial charge < -0.3 is 5.32 Å². The first-order valence-corrected chi connectivity index (χ1v) is 9.98. The summed E-state index contributed by atoms with van der Waals surface area (Å²) in [4.78, 5) is 0.285. The van der Waals surface area contributed by atoms with Crippen LogP contribution in [0.25, 0.3) is 0 Å². The summed E-state index contributed by atoms with van der Waals surface area (Å²) >= 11 is 8.02. The molecular weight excluding hydrogens is 328 g/mol. The average molecular weight is 349 g/mol. The zero-order valence-corrected chi connectivity index (χ0v) is 14.7. The van der Waals surface area contributed by atoms with Crippen LogP contribution in [0.2, 0.25) is 5.02 Å². The van der Waals surface area contributed by atoms with Crippen LogP contribution in [0, 0.1) is 0 Å². The molecule has 0 unspecified atom stereocenters. The van der Waals surface area contributed by atoms with E-state index in [1.54, 1.807) is 34.3 Å². The molecule has 0 amide bonds. The summed E-state index contributed by atoms with van der Waals surface area (Å²) in [5, 5.41) is 3.77. The van der Waals surface area contributed by atoms with Crippen molar-refractivity contribution in [2.75, 3.05) is 24.6 Å². The third-order valence-corrected chi connectivity index (χ3v) is 6.52. The van der Waals surface area contributed by atoms with Gasteiger partial charge in [0.15, 0.2) is 0 Å². The first-order valence-electron chi connectivity index (χ1n) is 7.01. The number of halogens is 1. The van der Waals surface area contributed by atoms with Crippen molar-refractivity contribution in [1.82, 2.24) is 9.62 Å². The number of benzene rings is 1. The minimum atomic E-state index is -3.42. The Morgan fingerprint density at radius 1 is 1.33 bits per heavy atom. The second-order valence-electron chi connectivity index (χ2n) is 5.31. The van der Waals surface area contributed by atoms with Crippen molar-refractivity contribution in [3.05, 3.63) is 28.8 Å². The summed E-state index contributed by atoms with van der Waals surface area (Å²) < 4.78 is 26.7. The number of nitrogens with one attached hydrogen (secondary N) is 1. The fourth-order valence-electron chi connectivity index (χ4n) is 2.08. The van der Waals surface area contributed by atoms with E-state index in [4.69, 9.17) is 11.6 Å². The predicted octanol–water partition coefficient (Wildman–Crippen LogP) is 2.58. The van der Waals surface area contributed by atoms with Crippen molar-refractivity contribution in [3.8, 4) is 0 Å². The van der Waals surface area contributed by atoms with E-state index in [1.165, 1.54) is 0 Å². The molecule has 1 aromatic rings. The van der Waals surface area contributed by atoms with E-state index < -0.39 is 10.0 Å². The molecule has 1 aliphatic rings. The molecule has 0 radical (unpaired) electrons. The topological polar surface area (TPSA) is 49.4 Å². The minimum absolute atomic E-state index is 0.285. The van der Waals surface area contributed by atoms with Gasteiger partial charge in [-0.3, -0.25) is 0 Å². The number of sulfonamides is 1. The van der Waals surface area contributed by atoms with Crippen LogP contribution in [0.1, 0.15) is 19.4 Å². The Morgan fingerprint density at radius 2 is 2.00 bits per heavy atom. The van der Waals surface area contributed by atoms with Gasteiger partial charge in [0.2, 0.25) is 10.0 Å². The highest BCUT2D eigenvalue weighted by atomic mass is 35.5. The standard InChI is InChI=1S/C14H21ClN2O2S2/c1-11(2)16-10-12-3-4-13(9-14(12)15)21(18,19)17-5-7-20-8-6-17/h3-4,9,11,16H,5-8,10H2,1-2H3. The van der Waals surface area contributed by atoms with Crippen molar-refractivity contribution in [1.29, 1.82) is 0 Å². The van der Waals surface area contributed by atoms with Crippen LogP contribution in [0.3, 0.4) is 0 Å². The van der Waals surface area contributed by atoms with Gasteiger partial charge in [-0.2, -0.15) is 16.1 Å². The van der Waals surface area contributed by atoms with Crippen molar-refractivity contribution in [2.24, 2.45) is 0 Å². The van der Waals surface area contributed by atoms with Gasteiger partial charge in [-0.25, -0.2) is 8.42 Å². The molecule has 0 bridgehead atoms. The summed E-state index contributed by atoms with van der Waals surface area (Å²) in [6, 6.07) is 5.37. The number of hydrogen-bond acceptors (Lipinski definition) is 4. The Bertz CT molecular complexity index is 585. The highest BCUT2D eigenvalue weighted by Crippen LogP contribution is 2.25. The quantitative estimate of drug-likeness (QED) is 0.888. The number of rotatable bonds is 5. The van der Waals surface area contributed by atoms with Crippen molar-refractivity contribution in [2.45, 2.75) is 31.3 Å². The zero-order chi connectivity index (χ0) is 15.5. The van der Waals surface area contributed by atoms with Gasteiger partial charge in [0.1, 0.15) is 0 Å². The number of nitrogens with zero attached hydrogens (tertiary/aromatic N) is 1. The Labute approximate surface area is 136 Å². The predicted molar refractivity (Wildman–Crippen MR) is 89.5 cm³/mol. The average Bonchev–Trinajstić information content (AvgIpc) is 2.46. The summed E-state index contributed by atoms with van der Waals surface area (Å²) in [7, 11) is -3.42. The van der Waals surface area contributed by atoms with E-state index in [2.05, 4.69) is 19.2 Å². The lowest BCUT2D eigenvalue weighted by Crippen LogP contribution is -2.37. The Kier molecular flexibility index (Phi) is 5.96. The second kappa shape index (κ2) is 7.33. The summed E-state index contributed by atoms with van der Waals surface area (Å²) in [5.41, 5.74) is 0.915. The highest BCUT2D eigenvalue weighted by Gasteiger charge is 2.26. The first-order chi connectivity index (χ1) is 9.91. The molecule has 2 rings (SSSR count). The minimum Gasteiger partial charge on any atom is -0.310 e. The Balaban J connectivity index is 2.18. The van der Waals surface area contributed by atoms with Gasteiger partial charge >= 0.3 is 0 Å². The third kappa shape index (κ3) is 4.36. The molecule has 0 atom stereocenters. The van der Waals surface area contributed by atoms with Crippen LogP contribution in [-0.4, -0.2) is 43.4 Å². The van der Waals surface area contributed by atoms with Crippen molar-refractivity contribution >= 4 is 33.4 Å². The Hall–Kier alpha value is -0.270. The first kappa shape index (κ1) is 17.1. The molecule has 118 valence electrons. The van der Waals surface area contributed by atoms with Gasteiger partial charge in [0.25, 0.3) is 0 Å². The SMILES string of the molecule is CC(C)NCc1ccc(S(=O)(=O)N2CCSCC2)cc1Cl.